The number of allylic oxidation sites excluding steroid dienone is 6. The Labute approximate surface area is 188 Å². The molecule has 2 aromatic rings. The highest BCUT2D eigenvalue weighted by molar-refractivity contribution is 5.93. The summed E-state index contributed by atoms with van der Waals surface area (Å²) in [4.78, 5) is 12.8. The number of hydrogen-bond donors (Lipinski definition) is 3. The molecule has 2 heterocycles. The van der Waals surface area contributed by atoms with Crippen LogP contribution in [0.15, 0.2) is 84.7 Å². The lowest BCUT2D eigenvalue weighted by atomic mass is 10.1. The zero-order chi connectivity index (χ0) is 22.9. The zero-order valence-electron chi connectivity index (χ0n) is 18.2. The number of rotatable bonds is 9. The second-order valence-corrected chi connectivity index (χ2v) is 7.26. The number of aromatic amines is 1. The van der Waals surface area contributed by atoms with Gasteiger partial charge in [-0.1, -0.05) is 37.4 Å². The first-order valence-corrected chi connectivity index (χ1v) is 10.2. The molecule has 162 valence electrons. The van der Waals surface area contributed by atoms with Crippen molar-refractivity contribution in [3.8, 4) is 6.07 Å². The number of nitrogens with one attached hydrogen (secondary N) is 2. The molecule has 3 rings (SSSR count). The molecular formula is C25H27N7. The Kier molecular flexibility index (Phi) is 7.57. The van der Waals surface area contributed by atoms with E-state index in [4.69, 9.17) is 16.1 Å². The maximum atomic E-state index is 8.81. The molecule has 0 saturated carbocycles. The SMILES string of the molecule is C=C/C=C\C(C)=NCc1[nH]c(CNc2ccc(CC#N)cc2)nc1C1=CN(N)C(=C)C=C1. The van der Waals surface area contributed by atoms with E-state index in [0.717, 1.165) is 39.7 Å². The molecule has 0 amide bonds. The Balaban J connectivity index is 1.81. The smallest absolute Gasteiger partial charge is 0.126 e. The molecule has 1 aliphatic rings. The van der Waals surface area contributed by atoms with Gasteiger partial charge in [0.25, 0.3) is 0 Å². The molecular weight excluding hydrogens is 398 g/mol. The monoisotopic (exact) mass is 425 g/mol. The predicted molar refractivity (Wildman–Crippen MR) is 130 cm³/mol. The standard InChI is InChI=1S/C25H27N7/c1-4-5-6-18(2)28-15-23-25(21-10-7-19(3)32(27)17-21)31-24(30-23)16-29-22-11-8-20(9-12-22)13-14-26/h4-12,17,29H,1,3,13,15-16,27H2,2H3,(H,30,31)/b6-5-,28-18?. The van der Waals surface area contributed by atoms with Crippen molar-refractivity contribution in [1.29, 1.82) is 5.26 Å². The van der Waals surface area contributed by atoms with Gasteiger partial charge in [0.15, 0.2) is 0 Å². The number of nitriles is 1. The first-order chi connectivity index (χ1) is 15.5. The van der Waals surface area contributed by atoms with Crippen LogP contribution in [0.1, 0.15) is 29.7 Å². The Morgan fingerprint density at radius 2 is 2.12 bits per heavy atom. The molecule has 4 N–H and O–H groups in total. The molecule has 1 aliphatic heterocycles. The van der Waals surface area contributed by atoms with Crippen molar-refractivity contribution in [3.63, 3.8) is 0 Å². The summed E-state index contributed by atoms with van der Waals surface area (Å²) in [6, 6.07) is 9.96. The van der Waals surface area contributed by atoms with Crippen LogP contribution < -0.4 is 11.2 Å². The number of anilines is 1. The summed E-state index contributed by atoms with van der Waals surface area (Å²) in [5.41, 5.74) is 6.12. The summed E-state index contributed by atoms with van der Waals surface area (Å²) in [7, 11) is 0. The minimum atomic E-state index is 0.403. The largest absolute Gasteiger partial charge is 0.378 e. The van der Waals surface area contributed by atoms with Gasteiger partial charge < -0.3 is 10.3 Å². The number of H-pyrrole nitrogens is 1. The summed E-state index contributed by atoms with van der Waals surface area (Å²) in [6.45, 7) is 10.5. The van der Waals surface area contributed by atoms with Gasteiger partial charge in [0.05, 0.1) is 37.0 Å². The van der Waals surface area contributed by atoms with Gasteiger partial charge in [-0.2, -0.15) is 5.26 Å². The molecule has 7 heteroatoms. The van der Waals surface area contributed by atoms with E-state index in [9.17, 15) is 0 Å². The summed E-state index contributed by atoms with van der Waals surface area (Å²) in [5, 5.41) is 13.7. The molecule has 0 spiro atoms. The third kappa shape index (κ3) is 5.94. The molecule has 0 fully saturated rings. The number of hydrogen-bond acceptors (Lipinski definition) is 6. The van der Waals surface area contributed by atoms with Crippen molar-refractivity contribution in [2.75, 3.05) is 5.32 Å². The third-order valence-electron chi connectivity index (χ3n) is 4.82. The highest BCUT2D eigenvalue weighted by Gasteiger charge is 2.16. The van der Waals surface area contributed by atoms with Gasteiger partial charge >= 0.3 is 0 Å². The molecule has 0 bridgehead atoms. The van der Waals surface area contributed by atoms with E-state index >= 15 is 0 Å². The lowest BCUT2D eigenvalue weighted by Crippen LogP contribution is -2.24. The van der Waals surface area contributed by atoms with E-state index in [0.29, 0.717) is 25.2 Å². The van der Waals surface area contributed by atoms with Gasteiger partial charge in [-0.05, 0) is 42.8 Å². The Hall–Kier alpha value is -4.15. The summed E-state index contributed by atoms with van der Waals surface area (Å²) >= 11 is 0. The minimum absolute atomic E-state index is 0.403. The molecule has 0 unspecified atom stereocenters. The molecule has 1 aromatic heterocycles. The van der Waals surface area contributed by atoms with Crippen LogP contribution in [0.3, 0.4) is 0 Å². The van der Waals surface area contributed by atoms with Gasteiger partial charge in [-0.15, -0.1) is 0 Å². The summed E-state index contributed by atoms with van der Waals surface area (Å²) in [5.74, 6) is 6.78. The fourth-order valence-corrected chi connectivity index (χ4v) is 3.07. The average molecular weight is 426 g/mol. The normalized spacial score (nSPS) is 13.9. The van der Waals surface area contributed by atoms with Crippen LogP contribution in [-0.2, 0) is 19.5 Å². The van der Waals surface area contributed by atoms with Gasteiger partial charge in [0, 0.05) is 28.9 Å². The summed E-state index contributed by atoms with van der Waals surface area (Å²) < 4.78 is 0. The predicted octanol–water partition coefficient (Wildman–Crippen LogP) is 4.39. The molecule has 0 aliphatic carbocycles. The number of nitrogens with two attached hydrogens (primary N) is 1. The fraction of sp³-hybridized carbons (Fsp3) is 0.160. The Morgan fingerprint density at radius 1 is 1.34 bits per heavy atom. The van der Waals surface area contributed by atoms with Gasteiger partial charge in [-0.3, -0.25) is 10.0 Å². The van der Waals surface area contributed by atoms with Crippen molar-refractivity contribution < 1.29 is 0 Å². The van der Waals surface area contributed by atoms with Crippen LogP contribution in [0.25, 0.3) is 5.57 Å². The number of benzene rings is 1. The van der Waals surface area contributed by atoms with Crippen LogP contribution >= 0.6 is 0 Å². The van der Waals surface area contributed by atoms with Crippen LogP contribution in [0.2, 0.25) is 0 Å². The van der Waals surface area contributed by atoms with Crippen LogP contribution in [0, 0.1) is 11.3 Å². The quantitative estimate of drug-likeness (QED) is 0.314. The number of aliphatic imine (C=N–C) groups is 1. The first-order valence-electron chi connectivity index (χ1n) is 10.2. The maximum absolute atomic E-state index is 8.81. The van der Waals surface area contributed by atoms with E-state index in [2.05, 4.69) is 34.5 Å². The van der Waals surface area contributed by atoms with Crippen LogP contribution in [0.5, 0.6) is 0 Å². The van der Waals surface area contributed by atoms with E-state index < -0.39 is 0 Å². The lowest BCUT2D eigenvalue weighted by molar-refractivity contribution is 0.509. The number of imidazole rings is 1. The van der Waals surface area contributed by atoms with Crippen molar-refractivity contribution in [1.82, 2.24) is 15.0 Å². The second-order valence-electron chi connectivity index (χ2n) is 7.26. The first kappa shape index (κ1) is 22.5. The number of hydrazine groups is 1. The number of aromatic nitrogens is 2. The molecule has 32 heavy (non-hydrogen) atoms. The van der Waals surface area contributed by atoms with E-state index in [1.54, 1.807) is 12.3 Å². The van der Waals surface area contributed by atoms with Crippen molar-refractivity contribution >= 4 is 17.0 Å². The van der Waals surface area contributed by atoms with E-state index in [-0.39, 0.29) is 0 Å². The molecule has 0 atom stereocenters. The maximum Gasteiger partial charge on any atom is 0.126 e. The van der Waals surface area contributed by atoms with Crippen LogP contribution in [0.4, 0.5) is 5.69 Å². The van der Waals surface area contributed by atoms with E-state index in [1.165, 1.54) is 5.01 Å². The lowest BCUT2D eigenvalue weighted by Gasteiger charge is -2.19. The van der Waals surface area contributed by atoms with Gasteiger partial charge in [-0.25, -0.2) is 10.8 Å². The summed E-state index contributed by atoms with van der Waals surface area (Å²) in [6.07, 6.45) is 11.5. The third-order valence-corrected chi connectivity index (χ3v) is 4.82. The number of nitrogens with zero attached hydrogens (tertiary/aromatic N) is 4. The zero-order valence-corrected chi connectivity index (χ0v) is 18.2. The van der Waals surface area contributed by atoms with Gasteiger partial charge in [0.1, 0.15) is 5.82 Å². The molecule has 1 aromatic carbocycles. The Morgan fingerprint density at radius 3 is 2.81 bits per heavy atom. The Bertz CT molecular complexity index is 1140. The van der Waals surface area contributed by atoms with Crippen molar-refractivity contribution in [3.05, 3.63) is 102 Å². The second kappa shape index (κ2) is 10.8. The fourth-order valence-electron chi connectivity index (χ4n) is 3.07. The van der Waals surface area contributed by atoms with Crippen LogP contribution in [-0.4, -0.2) is 20.7 Å². The molecule has 0 radical (unpaired) electrons. The van der Waals surface area contributed by atoms with Gasteiger partial charge in [0.2, 0.25) is 0 Å². The molecule has 0 saturated heterocycles. The topological polar surface area (TPSA) is 106 Å². The highest BCUT2D eigenvalue weighted by atomic mass is 15.4. The van der Waals surface area contributed by atoms with E-state index in [1.807, 2.05) is 55.5 Å². The highest BCUT2D eigenvalue weighted by Crippen LogP contribution is 2.24. The molecule has 7 nitrogen and oxygen atoms in total. The average Bonchev–Trinajstić information content (AvgIpc) is 3.21. The van der Waals surface area contributed by atoms with Crippen molar-refractivity contribution in [2.45, 2.75) is 26.4 Å². The van der Waals surface area contributed by atoms with Crippen molar-refractivity contribution in [2.24, 2.45) is 10.8 Å². The minimum Gasteiger partial charge on any atom is -0.378 e.